The van der Waals surface area contributed by atoms with Crippen molar-refractivity contribution in [3.05, 3.63) is 24.6 Å². The van der Waals surface area contributed by atoms with E-state index >= 15 is 0 Å². The van der Waals surface area contributed by atoms with Crippen LogP contribution in [0.2, 0.25) is 0 Å². The summed E-state index contributed by atoms with van der Waals surface area (Å²) in [5.41, 5.74) is 0.576. The number of carbonyl (C=O) groups is 1. The molecule has 0 bridgehead atoms. The molecule has 1 N–H and O–H groups in total. The Bertz CT molecular complexity index is 194. The van der Waals surface area contributed by atoms with E-state index in [0.717, 1.165) is 0 Å². The van der Waals surface area contributed by atoms with Crippen molar-refractivity contribution >= 4 is 12.6 Å². The molecule has 3 heteroatoms. The van der Waals surface area contributed by atoms with Crippen LogP contribution in [-0.2, 0) is 4.79 Å². The smallest absolute Gasteiger partial charge is 0.224 e. The van der Waals surface area contributed by atoms with Gasteiger partial charge in [0.15, 0.2) is 0 Å². The Balaban J connectivity index is 4.08. The summed E-state index contributed by atoms with van der Waals surface area (Å²) in [5.74, 6) is -0.0557. The zero-order valence-electron chi connectivity index (χ0n) is 6.63. The highest BCUT2D eigenvalue weighted by molar-refractivity contribution is 5.77. The fourth-order valence-corrected chi connectivity index (χ4v) is 0.484. The average molecular weight is 152 g/mol. The number of nitrogens with one attached hydrogen (secondary N) is 1. The fourth-order valence-electron chi connectivity index (χ4n) is 0.484. The zero-order chi connectivity index (χ0) is 8.69. The standard InChI is InChI=1S/C8H12N2O/c1-4-7(6-9-3)10-8(11)5-2/h4,6H,1,3,5H2,2H3,(H,10,11)/b7-6+. The molecule has 3 nitrogen and oxygen atoms in total. The van der Waals surface area contributed by atoms with Gasteiger partial charge in [0.05, 0.1) is 5.70 Å². The molecule has 0 saturated heterocycles. The summed E-state index contributed by atoms with van der Waals surface area (Å²) in [6, 6.07) is 0. The van der Waals surface area contributed by atoms with Crippen molar-refractivity contribution in [1.82, 2.24) is 5.32 Å². The van der Waals surface area contributed by atoms with Crippen LogP contribution in [0.1, 0.15) is 13.3 Å². The summed E-state index contributed by atoms with van der Waals surface area (Å²) in [5, 5.41) is 2.59. The van der Waals surface area contributed by atoms with Crippen molar-refractivity contribution in [2.75, 3.05) is 0 Å². The van der Waals surface area contributed by atoms with Gasteiger partial charge in [0, 0.05) is 12.6 Å². The van der Waals surface area contributed by atoms with E-state index < -0.39 is 0 Å². The summed E-state index contributed by atoms with van der Waals surface area (Å²) in [6.07, 6.45) is 3.41. The SMILES string of the molecule is C=C/C(=C\N=C)NC(=O)CC. The van der Waals surface area contributed by atoms with Crippen molar-refractivity contribution in [2.45, 2.75) is 13.3 Å². The van der Waals surface area contributed by atoms with Crippen LogP contribution in [0.15, 0.2) is 29.5 Å². The second-order valence-electron chi connectivity index (χ2n) is 1.87. The molecule has 0 fully saturated rings. The first kappa shape index (κ1) is 9.62. The Labute approximate surface area is 66.5 Å². The molecule has 0 aromatic carbocycles. The van der Waals surface area contributed by atoms with Crippen molar-refractivity contribution in [2.24, 2.45) is 4.99 Å². The van der Waals surface area contributed by atoms with Crippen molar-refractivity contribution in [3.63, 3.8) is 0 Å². The highest BCUT2D eigenvalue weighted by Gasteiger charge is 1.96. The maximum Gasteiger partial charge on any atom is 0.224 e. The Hall–Kier alpha value is -1.38. The number of aliphatic imine (C=N–C) groups is 1. The van der Waals surface area contributed by atoms with E-state index in [-0.39, 0.29) is 5.91 Å². The summed E-state index contributed by atoms with van der Waals surface area (Å²) in [6.45, 7) is 8.53. The topological polar surface area (TPSA) is 41.5 Å². The molecule has 1 amide bonds. The fraction of sp³-hybridized carbons (Fsp3) is 0.250. The molecule has 0 radical (unpaired) electrons. The normalized spacial score (nSPS) is 10.5. The van der Waals surface area contributed by atoms with Gasteiger partial charge in [-0.3, -0.25) is 9.79 Å². The van der Waals surface area contributed by atoms with E-state index in [1.54, 1.807) is 6.92 Å². The molecule has 0 saturated carbocycles. The van der Waals surface area contributed by atoms with Gasteiger partial charge in [0.25, 0.3) is 0 Å². The van der Waals surface area contributed by atoms with Crippen LogP contribution in [0.5, 0.6) is 0 Å². The number of carbonyl (C=O) groups excluding carboxylic acids is 1. The molecule has 0 unspecified atom stereocenters. The molecule has 60 valence electrons. The highest BCUT2D eigenvalue weighted by atomic mass is 16.1. The average Bonchev–Trinajstić information content (AvgIpc) is 2.03. The van der Waals surface area contributed by atoms with Crippen LogP contribution >= 0.6 is 0 Å². The molecule has 0 aromatic heterocycles. The lowest BCUT2D eigenvalue weighted by Crippen LogP contribution is -2.20. The largest absolute Gasteiger partial charge is 0.325 e. The number of hydrogen-bond donors (Lipinski definition) is 1. The minimum Gasteiger partial charge on any atom is -0.325 e. The third-order valence-corrected chi connectivity index (χ3v) is 1.06. The maximum absolute atomic E-state index is 10.8. The van der Waals surface area contributed by atoms with Gasteiger partial charge in [-0.2, -0.15) is 0 Å². The van der Waals surface area contributed by atoms with Gasteiger partial charge in [0.2, 0.25) is 5.91 Å². The third kappa shape index (κ3) is 4.08. The van der Waals surface area contributed by atoms with Crippen molar-refractivity contribution < 1.29 is 4.79 Å². The molecule has 0 atom stereocenters. The van der Waals surface area contributed by atoms with Gasteiger partial charge in [-0.25, -0.2) is 0 Å². The van der Waals surface area contributed by atoms with E-state index in [1.165, 1.54) is 12.3 Å². The van der Waals surface area contributed by atoms with Gasteiger partial charge >= 0.3 is 0 Å². The van der Waals surface area contributed by atoms with Crippen molar-refractivity contribution in [1.29, 1.82) is 0 Å². The van der Waals surface area contributed by atoms with Gasteiger partial charge in [-0.05, 0) is 12.8 Å². The van der Waals surface area contributed by atoms with Crippen LogP contribution in [0.3, 0.4) is 0 Å². The predicted octanol–water partition coefficient (Wildman–Crippen LogP) is 1.24. The first-order valence-electron chi connectivity index (χ1n) is 3.32. The molecule has 0 rings (SSSR count). The second kappa shape index (κ2) is 5.41. The number of nitrogens with zero attached hydrogens (tertiary/aromatic N) is 1. The molecular weight excluding hydrogens is 140 g/mol. The minimum absolute atomic E-state index is 0.0557. The Morgan fingerprint density at radius 1 is 1.73 bits per heavy atom. The molecule has 11 heavy (non-hydrogen) atoms. The number of rotatable bonds is 4. The molecule has 0 aliphatic carbocycles. The monoisotopic (exact) mass is 152 g/mol. The second-order valence-corrected chi connectivity index (χ2v) is 1.87. The predicted molar refractivity (Wildman–Crippen MR) is 46.3 cm³/mol. The lowest BCUT2D eigenvalue weighted by Gasteiger charge is -2.00. The van der Waals surface area contributed by atoms with E-state index in [1.807, 2.05) is 0 Å². The number of hydrogen-bond acceptors (Lipinski definition) is 2. The molecule has 0 aliphatic heterocycles. The van der Waals surface area contributed by atoms with Gasteiger partial charge in [0.1, 0.15) is 0 Å². The third-order valence-electron chi connectivity index (χ3n) is 1.06. The summed E-state index contributed by atoms with van der Waals surface area (Å²) in [4.78, 5) is 14.3. The first-order valence-corrected chi connectivity index (χ1v) is 3.32. The molecular formula is C8H12N2O. The van der Waals surface area contributed by atoms with Gasteiger partial charge in [-0.1, -0.05) is 13.5 Å². The lowest BCUT2D eigenvalue weighted by molar-refractivity contribution is -0.120. The molecule has 0 heterocycles. The van der Waals surface area contributed by atoms with Crippen LogP contribution in [0, 0.1) is 0 Å². The van der Waals surface area contributed by atoms with Gasteiger partial charge in [-0.15, -0.1) is 0 Å². The van der Waals surface area contributed by atoms with Crippen LogP contribution in [-0.4, -0.2) is 12.6 Å². The maximum atomic E-state index is 10.8. The minimum atomic E-state index is -0.0557. The van der Waals surface area contributed by atoms with E-state index in [2.05, 4.69) is 23.6 Å². The molecule has 0 aliphatic rings. The van der Waals surface area contributed by atoms with E-state index in [0.29, 0.717) is 12.1 Å². The van der Waals surface area contributed by atoms with Gasteiger partial charge < -0.3 is 5.32 Å². The highest BCUT2D eigenvalue weighted by Crippen LogP contribution is 1.90. The van der Waals surface area contributed by atoms with Crippen LogP contribution < -0.4 is 5.32 Å². The Morgan fingerprint density at radius 2 is 2.36 bits per heavy atom. The quantitative estimate of drug-likeness (QED) is 0.478. The van der Waals surface area contributed by atoms with E-state index in [4.69, 9.17) is 0 Å². The van der Waals surface area contributed by atoms with Crippen molar-refractivity contribution in [3.8, 4) is 0 Å². The number of allylic oxidation sites excluding steroid dienone is 1. The van der Waals surface area contributed by atoms with E-state index in [9.17, 15) is 4.79 Å². The number of amides is 1. The Kier molecular flexibility index (Phi) is 4.73. The molecule has 0 aromatic rings. The summed E-state index contributed by atoms with van der Waals surface area (Å²) >= 11 is 0. The van der Waals surface area contributed by atoms with Crippen LogP contribution in [0.4, 0.5) is 0 Å². The molecule has 0 spiro atoms. The summed E-state index contributed by atoms with van der Waals surface area (Å²) < 4.78 is 0. The van der Waals surface area contributed by atoms with Crippen LogP contribution in [0.25, 0.3) is 0 Å². The first-order chi connectivity index (χ1) is 5.24. The zero-order valence-corrected chi connectivity index (χ0v) is 6.63. The Morgan fingerprint density at radius 3 is 2.73 bits per heavy atom. The lowest BCUT2D eigenvalue weighted by atomic mass is 10.4. The summed E-state index contributed by atoms with van der Waals surface area (Å²) in [7, 11) is 0.